The van der Waals surface area contributed by atoms with Crippen molar-refractivity contribution in [1.29, 1.82) is 0 Å². The van der Waals surface area contributed by atoms with Crippen LogP contribution in [0.1, 0.15) is 11.3 Å². The molecule has 2 nitrogen and oxygen atoms in total. The molecule has 0 aromatic carbocycles. The molecule has 0 fully saturated rings. The summed E-state index contributed by atoms with van der Waals surface area (Å²) < 4.78 is 0.902. The molecule has 0 spiro atoms. The monoisotopic (exact) mass is 289 g/mol. The molecule has 1 aliphatic rings. The van der Waals surface area contributed by atoms with Crippen molar-refractivity contribution in [3.8, 4) is 0 Å². The first-order valence-electron chi connectivity index (χ1n) is 5.14. The molecule has 3 heteroatoms. The van der Waals surface area contributed by atoms with Crippen LogP contribution >= 0.6 is 0 Å². The van der Waals surface area contributed by atoms with E-state index in [4.69, 9.17) is 0 Å². The SMILES string of the molecule is Cc1[c-]cc(C2=CC[N+](C)(C)C=C2)nc1.[Y]. The summed E-state index contributed by atoms with van der Waals surface area (Å²) in [7, 11) is 4.36. The van der Waals surface area contributed by atoms with E-state index in [1.807, 2.05) is 19.2 Å². The number of hydrogen-bond donors (Lipinski definition) is 0. The number of aryl methyl sites for hydroxylation is 1. The number of allylic oxidation sites excluding steroid dienone is 2. The fourth-order valence-electron chi connectivity index (χ4n) is 1.52. The molecule has 0 bridgehead atoms. The van der Waals surface area contributed by atoms with Gasteiger partial charge in [-0.2, -0.15) is 12.1 Å². The molecule has 16 heavy (non-hydrogen) atoms. The Kier molecular flexibility index (Phi) is 4.60. The number of aromatic nitrogens is 1. The maximum Gasteiger partial charge on any atom is 0.101 e. The van der Waals surface area contributed by atoms with Crippen LogP contribution in [0.4, 0.5) is 0 Å². The zero-order valence-electron chi connectivity index (χ0n) is 10.1. The second kappa shape index (κ2) is 5.35. The Bertz CT molecular complexity index is 416. The molecule has 0 unspecified atom stereocenters. The van der Waals surface area contributed by atoms with Crippen LogP contribution in [-0.4, -0.2) is 30.1 Å². The third-order valence-electron chi connectivity index (χ3n) is 2.57. The summed E-state index contributed by atoms with van der Waals surface area (Å²) in [5, 5.41) is 0. The molecule has 1 radical (unpaired) electrons. The molecule has 1 aliphatic heterocycles. The maximum atomic E-state index is 4.39. The molecular formula is C13H16N2Y. The fourth-order valence-corrected chi connectivity index (χ4v) is 1.52. The molecule has 1 aromatic heterocycles. The van der Waals surface area contributed by atoms with Crippen molar-refractivity contribution in [3.63, 3.8) is 0 Å². The van der Waals surface area contributed by atoms with Gasteiger partial charge in [-0.25, -0.2) is 0 Å². The van der Waals surface area contributed by atoms with Crippen molar-refractivity contribution < 1.29 is 37.2 Å². The largest absolute Gasteiger partial charge is 0.383 e. The number of nitrogens with zero attached hydrogens (tertiary/aromatic N) is 2. The summed E-state index contributed by atoms with van der Waals surface area (Å²) in [6.07, 6.45) is 8.41. The Labute approximate surface area is 123 Å². The van der Waals surface area contributed by atoms with Crippen molar-refractivity contribution >= 4 is 5.57 Å². The molecule has 0 atom stereocenters. The first-order valence-corrected chi connectivity index (χ1v) is 5.14. The van der Waals surface area contributed by atoms with Gasteiger partial charge in [-0.05, 0) is 23.4 Å². The van der Waals surface area contributed by atoms with Crippen LogP contribution in [0.3, 0.4) is 0 Å². The van der Waals surface area contributed by atoms with Crippen LogP contribution in [-0.2, 0) is 32.7 Å². The standard InChI is InChI=1S/C13H16N2.Y/c1-11-4-5-13(14-10-11)12-6-8-15(2,3)9-7-12;/h5-8,10H,9H2,1-3H3;. The number of quaternary nitrogens is 1. The van der Waals surface area contributed by atoms with E-state index in [0.29, 0.717) is 0 Å². The van der Waals surface area contributed by atoms with Gasteiger partial charge in [-0.15, -0.1) is 5.56 Å². The van der Waals surface area contributed by atoms with Gasteiger partial charge in [0.2, 0.25) is 0 Å². The number of pyridine rings is 1. The van der Waals surface area contributed by atoms with E-state index >= 15 is 0 Å². The first kappa shape index (κ1) is 13.8. The smallest absolute Gasteiger partial charge is 0.101 e. The summed E-state index contributed by atoms with van der Waals surface area (Å²) >= 11 is 0. The van der Waals surface area contributed by atoms with Crippen LogP contribution in [0.15, 0.2) is 30.6 Å². The second-order valence-corrected chi connectivity index (χ2v) is 4.55. The molecule has 2 rings (SSSR count). The van der Waals surface area contributed by atoms with Gasteiger partial charge in [0.05, 0.1) is 20.3 Å². The van der Waals surface area contributed by atoms with Crippen LogP contribution in [0.25, 0.3) is 5.57 Å². The van der Waals surface area contributed by atoms with E-state index in [9.17, 15) is 0 Å². The average Bonchev–Trinajstić information content (AvgIpc) is 2.20. The zero-order valence-corrected chi connectivity index (χ0v) is 12.9. The van der Waals surface area contributed by atoms with E-state index in [2.05, 4.69) is 43.5 Å². The normalized spacial score (nSPS) is 17.6. The van der Waals surface area contributed by atoms with Crippen molar-refractivity contribution in [2.75, 3.05) is 20.6 Å². The van der Waals surface area contributed by atoms with Gasteiger partial charge < -0.3 is 4.98 Å². The maximum absolute atomic E-state index is 4.39. The summed E-state index contributed by atoms with van der Waals surface area (Å²) in [5.74, 6) is 0. The van der Waals surface area contributed by atoms with Gasteiger partial charge in [-0.3, -0.25) is 4.48 Å². The van der Waals surface area contributed by atoms with Gasteiger partial charge >= 0.3 is 0 Å². The fraction of sp³-hybridized carbons (Fsp3) is 0.308. The molecule has 81 valence electrons. The van der Waals surface area contributed by atoms with Gasteiger partial charge in [-0.1, -0.05) is 13.1 Å². The van der Waals surface area contributed by atoms with Gasteiger partial charge in [0.15, 0.2) is 0 Å². The minimum atomic E-state index is 0. The summed E-state index contributed by atoms with van der Waals surface area (Å²) in [6.45, 7) is 3.02. The van der Waals surface area contributed by atoms with Gasteiger partial charge in [0.25, 0.3) is 0 Å². The predicted molar refractivity (Wildman–Crippen MR) is 61.9 cm³/mol. The van der Waals surface area contributed by atoms with E-state index in [-0.39, 0.29) is 32.7 Å². The Balaban J connectivity index is 0.00000128. The van der Waals surface area contributed by atoms with Gasteiger partial charge in [0.1, 0.15) is 6.54 Å². The minimum absolute atomic E-state index is 0. The number of rotatable bonds is 1. The van der Waals surface area contributed by atoms with Crippen LogP contribution in [0.5, 0.6) is 0 Å². The Morgan fingerprint density at radius 3 is 2.62 bits per heavy atom. The second-order valence-electron chi connectivity index (χ2n) is 4.55. The summed E-state index contributed by atoms with van der Waals surface area (Å²) in [5.41, 5.74) is 3.29. The minimum Gasteiger partial charge on any atom is -0.383 e. The molecule has 2 heterocycles. The summed E-state index contributed by atoms with van der Waals surface area (Å²) in [6, 6.07) is 5.13. The van der Waals surface area contributed by atoms with Gasteiger partial charge in [0, 0.05) is 32.7 Å². The van der Waals surface area contributed by atoms with Crippen molar-refractivity contribution in [2.45, 2.75) is 6.92 Å². The third kappa shape index (κ3) is 3.34. The Morgan fingerprint density at radius 2 is 2.12 bits per heavy atom. The summed E-state index contributed by atoms with van der Waals surface area (Å²) in [4.78, 5) is 4.39. The Morgan fingerprint density at radius 1 is 1.38 bits per heavy atom. The van der Waals surface area contributed by atoms with E-state index in [1.54, 1.807) is 0 Å². The predicted octanol–water partition coefficient (Wildman–Crippen LogP) is 2.17. The van der Waals surface area contributed by atoms with Crippen LogP contribution in [0.2, 0.25) is 0 Å². The molecular weight excluding hydrogens is 273 g/mol. The van der Waals surface area contributed by atoms with E-state index < -0.39 is 0 Å². The zero-order chi connectivity index (χ0) is 10.9. The van der Waals surface area contributed by atoms with Crippen LogP contribution in [0, 0.1) is 13.0 Å². The molecule has 0 saturated carbocycles. The van der Waals surface area contributed by atoms with E-state index in [0.717, 1.165) is 22.3 Å². The van der Waals surface area contributed by atoms with E-state index in [1.165, 1.54) is 5.57 Å². The molecule has 1 aromatic rings. The molecule has 0 N–H and O–H groups in total. The Hall–Kier alpha value is -0.306. The average molecular weight is 289 g/mol. The van der Waals surface area contributed by atoms with Crippen molar-refractivity contribution in [2.24, 2.45) is 0 Å². The molecule has 0 amide bonds. The van der Waals surface area contributed by atoms with Crippen molar-refractivity contribution in [1.82, 2.24) is 4.98 Å². The third-order valence-corrected chi connectivity index (χ3v) is 2.57. The quantitative estimate of drug-likeness (QED) is 0.570. The topological polar surface area (TPSA) is 12.9 Å². The first-order chi connectivity index (χ1) is 7.07. The van der Waals surface area contributed by atoms with Crippen LogP contribution < -0.4 is 0 Å². The number of hydrogen-bond acceptors (Lipinski definition) is 1. The number of likely N-dealkylation sites (N-methyl/N-ethyl adjacent to an activating group) is 1. The molecule has 0 saturated heterocycles. The van der Waals surface area contributed by atoms with Crippen molar-refractivity contribution in [3.05, 3.63) is 47.9 Å². The molecule has 0 aliphatic carbocycles.